The van der Waals surface area contributed by atoms with Gasteiger partial charge in [0.2, 0.25) is 0 Å². The lowest BCUT2D eigenvalue weighted by atomic mass is 10.1. The maximum absolute atomic E-state index is 13.2. The minimum Gasteiger partial charge on any atom is -0.384 e. The first-order chi connectivity index (χ1) is 12.9. The highest BCUT2D eigenvalue weighted by Gasteiger charge is 2.31. The third kappa shape index (κ3) is 4.53. The summed E-state index contributed by atoms with van der Waals surface area (Å²) in [6.07, 6.45) is -4.43. The molecule has 3 aromatic rings. The summed E-state index contributed by atoms with van der Waals surface area (Å²) in [4.78, 5) is 0. The Hall–Kier alpha value is -1.84. The number of methoxy groups -OCH3 is 1. The third-order valence-electron chi connectivity index (χ3n) is 3.70. The van der Waals surface area contributed by atoms with Crippen LogP contribution in [0.4, 0.5) is 13.2 Å². The highest BCUT2D eigenvalue weighted by atomic mass is 79.9. The molecule has 0 saturated heterocycles. The van der Waals surface area contributed by atoms with Gasteiger partial charge in [-0.15, -0.1) is 10.2 Å². The average Bonchev–Trinajstić information content (AvgIpc) is 3.05. The van der Waals surface area contributed by atoms with Gasteiger partial charge in [-0.3, -0.25) is 4.57 Å². The van der Waals surface area contributed by atoms with E-state index in [1.54, 1.807) is 17.7 Å². The van der Waals surface area contributed by atoms with Gasteiger partial charge in [-0.2, -0.15) is 13.2 Å². The summed E-state index contributed by atoms with van der Waals surface area (Å²) in [7, 11) is 1.59. The molecule has 1 aromatic heterocycles. The van der Waals surface area contributed by atoms with E-state index in [2.05, 4.69) is 26.1 Å². The molecule has 1 heterocycles. The Bertz CT molecular complexity index is 930. The third-order valence-corrected chi connectivity index (χ3v) is 5.28. The quantitative estimate of drug-likeness (QED) is 0.364. The van der Waals surface area contributed by atoms with Crippen LogP contribution >= 0.6 is 27.7 Å². The van der Waals surface area contributed by atoms with Crippen molar-refractivity contribution in [3.8, 4) is 17.1 Å². The predicted octanol–water partition coefficient (Wildman–Crippen LogP) is 5.45. The van der Waals surface area contributed by atoms with E-state index in [1.807, 2.05) is 24.3 Å². The monoisotopic (exact) mass is 457 g/mol. The van der Waals surface area contributed by atoms with Crippen LogP contribution < -0.4 is 0 Å². The molecule has 4 nitrogen and oxygen atoms in total. The van der Waals surface area contributed by atoms with Crippen molar-refractivity contribution in [3.05, 3.63) is 58.6 Å². The number of aromatic nitrogens is 3. The van der Waals surface area contributed by atoms with Crippen LogP contribution in [-0.4, -0.2) is 34.2 Å². The van der Waals surface area contributed by atoms with Crippen LogP contribution in [0.5, 0.6) is 0 Å². The standard InChI is InChI=1S/C18H15BrF3N3OS/c1-26-9-10-27-17-24-23-16(14-7-2-3-8-15(14)19)25(17)13-6-4-5-12(11-13)18(20,21)22/h2-8,11H,9-10H2,1H3. The molecule has 0 radical (unpaired) electrons. The highest BCUT2D eigenvalue weighted by Crippen LogP contribution is 2.35. The molecule has 0 aliphatic rings. The number of halogens is 4. The van der Waals surface area contributed by atoms with E-state index in [4.69, 9.17) is 4.74 Å². The number of hydrogen-bond donors (Lipinski definition) is 0. The summed E-state index contributed by atoms with van der Waals surface area (Å²) in [5.74, 6) is 1.06. The molecule has 0 aliphatic heterocycles. The lowest BCUT2D eigenvalue weighted by molar-refractivity contribution is -0.137. The number of rotatable bonds is 6. The SMILES string of the molecule is COCCSc1nnc(-c2ccccc2Br)n1-c1cccc(C(F)(F)F)c1. The van der Waals surface area contributed by atoms with Crippen molar-refractivity contribution >= 4 is 27.7 Å². The zero-order chi connectivity index (χ0) is 19.4. The second-order valence-corrected chi connectivity index (χ2v) is 7.43. The Labute approximate surface area is 166 Å². The Morgan fingerprint density at radius 2 is 1.89 bits per heavy atom. The number of alkyl halides is 3. The molecule has 0 aliphatic carbocycles. The Kier molecular flexibility index (Phi) is 6.23. The summed E-state index contributed by atoms with van der Waals surface area (Å²) in [6.45, 7) is 0.491. The fraction of sp³-hybridized carbons (Fsp3) is 0.222. The van der Waals surface area contributed by atoms with Crippen LogP contribution in [0, 0.1) is 0 Å². The van der Waals surface area contributed by atoms with E-state index in [9.17, 15) is 13.2 Å². The van der Waals surface area contributed by atoms with Gasteiger partial charge in [0.1, 0.15) is 0 Å². The normalized spacial score (nSPS) is 11.7. The van der Waals surface area contributed by atoms with Gasteiger partial charge < -0.3 is 4.74 Å². The van der Waals surface area contributed by atoms with Gasteiger partial charge in [0, 0.05) is 22.9 Å². The molecule has 0 atom stereocenters. The zero-order valence-corrected chi connectivity index (χ0v) is 16.6. The van der Waals surface area contributed by atoms with Crippen LogP contribution in [0.25, 0.3) is 17.1 Å². The summed E-state index contributed by atoms with van der Waals surface area (Å²) < 4.78 is 47.0. The van der Waals surface area contributed by atoms with Crippen molar-refractivity contribution in [3.63, 3.8) is 0 Å². The predicted molar refractivity (Wildman–Crippen MR) is 102 cm³/mol. The molecule has 0 N–H and O–H groups in total. The molecular formula is C18H15BrF3N3OS. The molecule has 9 heteroatoms. The summed E-state index contributed by atoms with van der Waals surface area (Å²) in [5.41, 5.74) is 0.362. The van der Waals surface area contributed by atoms with E-state index < -0.39 is 11.7 Å². The number of ether oxygens (including phenoxy) is 1. The molecule has 3 rings (SSSR count). The Balaban J connectivity index is 2.14. The van der Waals surface area contributed by atoms with Gasteiger partial charge >= 0.3 is 6.18 Å². The smallest absolute Gasteiger partial charge is 0.384 e. The molecule has 0 saturated carbocycles. The largest absolute Gasteiger partial charge is 0.416 e. The van der Waals surface area contributed by atoms with E-state index in [0.29, 0.717) is 29.0 Å². The highest BCUT2D eigenvalue weighted by molar-refractivity contribution is 9.10. The lowest BCUT2D eigenvalue weighted by Gasteiger charge is -2.13. The molecule has 27 heavy (non-hydrogen) atoms. The molecule has 0 unspecified atom stereocenters. The Morgan fingerprint density at radius 3 is 2.59 bits per heavy atom. The number of nitrogens with zero attached hydrogens (tertiary/aromatic N) is 3. The van der Waals surface area contributed by atoms with Crippen LogP contribution in [0.15, 0.2) is 58.2 Å². The molecular weight excluding hydrogens is 443 g/mol. The van der Waals surface area contributed by atoms with Crippen LogP contribution in [0.3, 0.4) is 0 Å². The van der Waals surface area contributed by atoms with Crippen molar-refractivity contribution < 1.29 is 17.9 Å². The number of thioether (sulfide) groups is 1. The van der Waals surface area contributed by atoms with Crippen molar-refractivity contribution in [2.24, 2.45) is 0 Å². The van der Waals surface area contributed by atoms with Crippen molar-refractivity contribution in [2.75, 3.05) is 19.5 Å². The van der Waals surface area contributed by atoms with E-state index >= 15 is 0 Å². The van der Waals surface area contributed by atoms with Crippen LogP contribution in [0.2, 0.25) is 0 Å². The second kappa shape index (κ2) is 8.45. The van der Waals surface area contributed by atoms with Crippen LogP contribution in [-0.2, 0) is 10.9 Å². The maximum Gasteiger partial charge on any atom is 0.416 e. The molecule has 0 fully saturated rings. The molecule has 0 spiro atoms. The molecule has 0 bridgehead atoms. The van der Waals surface area contributed by atoms with Gasteiger partial charge in [0.25, 0.3) is 0 Å². The van der Waals surface area contributed by atoms with E-state index in [-0.39, 0.29) is 0 Å². The summed E-state index contributed by atoms with van der Waals surface area (Å²) in [6, 6.07) is 12.5. The van der Waals surface area contributed by atoms with Gasteiger partial charge in [-0.1, -0.05) is 52.0 Å². The molecule has 142 valence electrons. The minimum absolute atomic E-state index is 0.348. The second-order valence-electron chi connectivity index (χ2n) is 5.51. The molecule has 2 aromatic carbocycles. The first-order valence-electron chi connectivity index (χ1n) is 7.91. The number of hydrogen-bond acceptors (Lipinski definition) is 4. The summed E-state index contributed by atoms with van der Waals surface area (Å²) in [5, 5.41) is 8.92. The summed E-state index contributed by atoms with van der Waals surface area (Å²) >= 11 is 4.84. The number of benzene rings is 2. The van der Waals surface area contributed by atoms with Crippen molar-refractivity contribution in [1.82, 2.24) is 14.8 Å². The fourth-order valence-corrected chi connectivity index (χ4v) is 3.77. The van der Waals surface area contributed by atoms with Gasteiger partial charge in [0.05, 0.1) is 17.9 Å². The topological polar surface area (TPSA) is 39.9 Å². The van der Waals surface area contributed by atoms with Gasteiger partial charge in [-0.25, -0.2) is 0 Å². The van der Waals surface area contributed by atoms with Gasteiger partial charge in [0.15, 0.2) is 11.0 Å². The first kappa shape index (κ1) is 19.9. The van der Waals surface area contributed by atoms with Crippen molar-refractivity contribution in [1.29, 1.82) is 0 Å². The average molecular weight is 458 g/mol. The maximum atomic E-state index is 13.2. The fourth-order valence-electron chi connectivity index (χ4n) is 2.45. The van der Waals surface area contributed by atoms with E-state index in [0.717, 1.165) is 22.2 Å². The van der Waals surface area contributed by atoms with Crippen molar-refractivity contribution in [2.45, 2.75) is 11.3 Å². The molecule has 0 amide bonds. The first-order valence-corrected chi connectivity index (χ1v) is 9.69. The van der Waals surface area contributed by atoms with Gasteiger partial charge in [-0.05, 0) is 24.3 Å². The lowest BCUT2D eigenvalue weighted by Crippen LogP contribution is -2.07. The van der Waals surface area contributed by atoms with E-state index in [1.165, 1.54) is 17.8 Å². The van der Waals surface area contributed by atoms with Crippen LogP contribution in [0.1, 0.15) is 5.56 Å². The Morgan fingerprint density at radius 1 is 1.11 bits per heavy atom. The minimum atomic E-state index is -4.43. The zero-order valence-electron chi connectivity index (χ0n) is 14.2.